The van der Waals surface area contributed by atoms with Gasteiger partial charge in [-0.25, -0.2) is 0 Å². The summed E-state index contributed by atoms with van der Waals surface area (Å²) < 4.78 is 5.69. The number of H-pyrrole nitrogens is 1. The van der Waals surface area contributed by atoms with Gasteiger partial charge in [-0.1, -0.05) is 42.5 Å². The van der Waals surface area contributed by atoms with Crippen molar-refractivity contribution in [2.45, 2.75) is 6.92 Å². The molecule has 0 aliphatic rings. The van der Waals surface area contributed by atoms with Gasteiger partial charge in [0.25, 0.3) is 0 Å². The number of hydrogen-bond donors (Lipinski definition) is 1. The van der Waals surface area contributed by atoms with Crippen LogP contribution in [0.5, 0.6) is 5.88 Å². The number of nitriles is 2. The van der Waals surface area contributed by atoms with E-state index in [1.54, 1.807) is 0 Å². The molecule has 1 N–H and O–H groups in total. The first-order chi connectivity index (χ1) is 9.72. The van der Waals surface area contributed by atoms with Gasteiger partial charge in [0.05, 0.1) is 12.2 Å². The van der Waals surface area contributed by atoms with Gasteiger partial charge in [0.1, 0.15) is 22.3 Å². The third-order valence-electron chi connectivity index (χ3n) is 2.76. The van der Waals surface area contributed by atoms with Gasteiger partial charge in [-0.05, 0) is 12.5 Å². The summed E-state index contributed by atoms with van der Waals surface area (Å²) in [4.78, 5) is 2.81. The van der Waals surface area contributed by atoms with Crippen molar-refractivity contribution in [3.63, 3.8) is 0 Å². The van der Waals surface area contributed by atoms with Crippen LogP contribution in [0.1, 0.15) is 18.1 Å². The summed E-state index contributed by atoms with van der Waals surface area (Å²) in [5.41, 5.74) is 1.86. The molecule has 1 aromatic heterocycles. The van der Waals surface area contributed by atoms with E-state index in [0.717, 1.165) is 5.56 Å². The minimum atomic E-state index is 0.272. The van der Waals surface area contributed by atoms with Gasteiger partial charge >= 0.3 is 0 Å². The first-order valence-corrected chi connectivity index (χ1v) is 6.42. The van der Waals surface area contributed by atoms with Crippen molar-refractivity contribution < 1.29 is 4.74 Å². The number of hydrogen-bond acceptors (Lipinski definition) is 4. The van der Waals surface area contributed by atoms with E-state index >= 15 is 0 Å². The fourth-order valence-corrected chi connectivity index (χ4v) is 2.18. The number of aromatic amines is 1. The van der Waals surface area contributed by atoms with Crippen LogP contribution in [0.4, 0.5) is 0 Å². The van der Waals surface area contributed by atoms with Crippen molar-refractivity contribution in [3.8, 4) is 29.1 Å². The molecule has 0 atom stereocenters. The molecule has 0 radical (unpaired) electrons. The Balaban J connectivity index is 2.87. The van der Waals surface area contributed by atoms with E-state index < -0.39 is 0 Å². The zero-order chi connectivity index (χ0) is 14.5. The standard InChI is InChI=1S/C15H11N3OS/c1-2-19-14-11(8-16)13(10-6-4-3-5-7-10)12(9-17)15(20)18-14/h3-7H,2H2,1H3,(H,18,20). The SMILES string of the molecule is CCOc1[nH]c(=S)c(C#N)c(-c2ccccc2)c1C#N. The zero-order valence-electron chi connectivity index (χ0n) is 10.8. The van der Waals surface area contributed by atoms with Gasteiger partial charge in [0.15, 0.2) is 0 Å². The first kappa shape index (κ1) is 13.8. The van der Waals surface area contributed by atoms with E-state index in [2.05, 4.69) is 17.1 Å². The lowest BCUT2D eigenvalue weighted by Crippen LogP contribution is -2.02. The van der Waals surface area contributed by atoms with Crippen LogP contribution in [0, 0.1) is 27.3 Å². The minimum absolute atomic E-state index is 0.272. The monoisotopic (exact) mass is 281 g/mol. The largest absolute Gasteiger partial charge is 0.478 e. The van der Waals surface area contributed by atoms with Crippen molar-refractivity contribution >= 4 is 12.2 Å². The number of ether oxygens (including phenoxy) is 1. The minimum Gasteiger partial charge on any atom is -0.478 e. The predicted molar refractivity (Wildman–Crippen MR) is 77.7 cm³/mol. The zero-order valence-corrected chi connectivity index (χ0v) is 11.6. The van der Waals surface area contributed by atoms with Crippen molar-refractivity contribution in [2.75, 3.05) is 6.61 Å². The molecule has 4 nitrogen and oxygen atoms in total. The maximum atomic E-state index is 9.40. The van der Waals surface area contributed by atoms with Crippen molar-refractivity contribution in [3.05, 3.63) is 46.1 Å². The number of nitrogens with one attached hydrogen (secondary N) is 1. The molecule has 20 heavy (non-hydrogen) atoms. The summed E-state index contributed by atoms with van der Waals surface area (Å²) in [5, 5.41) is 18.7. The van der Waals surface area contributed by atoms with E-state index in [-0.39, 0.29) is 10.2 Å². The van der Waals surface area contributed by atoms with E-state index in [4.69, 9.17) is 17.0 Å². The molecule has 0 bridgehead atoms. The molecule has 1 heterocycles. The van der Waals surface area contributed by atoms with Crippen molar-refractivity contribution in [2.24, 2.45) is 0 Å². The average molecular weight is 281 g/mol. The lowest BCUT2D eigenvalue weighted by Gasteiger charge is -2.12. The number of aromatic nitrogens is 1. The summed E-state index contributed by atoms with van der Waals surface area (Å²) in [7, 11) is 0. The second-order valence-electron chi connectivity index (χ2n) is 3.93. The summed E-state index contributed by atoms with van der Waals surface area (Å²) >= 11 is 5.18. The van der Waals surface area contributed by atoms with Gasteiger partial charge in [0.2, 0.25) is 5.88 Å². The third kappa shape index (κ3) is 2.40. The quantitative estimate of drug-likeness (QED) is 0.873. The molecule has 2 aromatic rings. The third-order valence-corrected chi connectivity index (χ3v) is 3.06. The molecule has 0 saturated carbocycles. The highest BCUT2D eigenvalue weighted by Crippen LogP contribution is 2.32. The lowest BCUT2D eigenvalue weighted by atomic mass is 9.97. The first-order valence-electron chi connectivity index (χ1n) is 6.01. The van der Waals surface area contributed by atoms with E-state index in [9.17, 15) is 10.5 Å². The number of pyridine rings is 1. The van der Waals surface area contributed by atoms with Crippen LogP contribution in [-0.2, 0) is 0 Å². The van der Waals surface area contributed by atoms with Gasteiger partial charge < -0.3 is 9.72 Å². The van der Waals surface area contributed by atoms with Gasteiger partial charge in [-0.3, -0.25) is 0 Å². The topological polar surface area (TPSA) is 72.6 Å². The smallest absolute Gasteiger partial charge is 0.210 e. The summed E-state index contributed by atoms with van der Waals surface area (Å²) in [6.45, 7) is 2.22. The molecule has 0 amide bonds. The number of nitrogens with zero attached hydrogens (tertiary/aromatic N) is 2. The Morgan fingerprint density at radius 1 is 1.15 bits per heavy atom. The average Bonchev–Trinajstić information content (AvgIpc) is 2.48. The van der Waals surface area contributed by atoms with Gasteiger partial charge in [-0.15, -0.1) is 0 Å². The maximum absolute atomic E-state index is 9.40. The summed E-state index contributed by atoms with van der Waals surface area (Å²) in [6, 6.07) is 13.4. The second-order valence-corrected chi connectivity index (χ2v) is 4.34. The molecule has 0 spiro atoms. The summed E-state index contributed by atoms with van der Waals surface area (Å²) in [5.74, 6) is 0.304. The van der Waals surface area contributed by atoms with E-state index in [1.165, 1.54) is 0 Å². The van der Waals surface area contributed by atoms with Crippen molar-refractivity contribution in [1.29, 1.82) is 10.5 Å². The van der Waals surface area contributed by atoms with Gasteiger partial charge in [0, 0.05) is 5.56 Å². The maximum Gasteiger partial charge on any atom is 0.210 e. The van der Waals surface area contributed by atoms with Crippen molar-refractivity contribution in [1.82, 2.24) is 4.98 Å². The molecule has 0 unspecified atom stereocenters. The Kier molecular flexibility index (Phi) is 4.14. The van der Waals surface area contributed by atoms with Crippen LogP contribution < -0.4 is 4.74 Å². The molecular formula is C15H11N3OS. The Labute approximate surface area is 121 Å². The fourth-order valence-electron chi connectivity index (χ4n) is 1.94. The number of rotatable bonds is 3. The fraction of sp³-hybridized carbons (Fsp3) is 0.133. The normalized spacial score (nSPS) is 9.55. The Hall–Kier alpha value is -2.63. The lowest BCUT2D eigenvalue weighted by molar-refractivity contribution is 0.325. The summed E-state index contributed by atoms with van der Waals surface area (Å²) in [6.07, 6.45) is 0. The van der Waals surface area contributed by atoms with E-state index in [1.807, 2.05) is 37.3 Å². The Bertz CT molecular complexity index is 767. The van der Waals surface area contributed by atoms with Gasteiger partial charge in [-0.2, -0.15) is 10.5 Å². The highest BCUT2D eigenvalue weighted by molar-refractivity contribution is 7.71. The molecular weight excluding hydrogens is 270 g/mol. The highest BCUT2D eigenvalue weighted by Gasteiger charge is 2.18. The van der Waals surface area contributed by atoms with Crippen LogP contribution in [0.15, 0.2) is 30.3 Å². The van der Waals surface area contributed by atoms with Crippen LogP contribution in [0.2, 0.25) is 0 Å². The van der Waals surface area contributed by atoms with Crippen LogP contribution in [0.3, 0.4) is 0 Å². The molecule has 0 aliphatic heterocycles. The Morgan fingerprint density at radius 3 is 2.35 bits per heavy atom. The molecule has 0 aliphatic carbocycles. The molecule has 0 fully saturated rings. The molecule has 2 rings (SSSR count). The highest BCUT2D eigenvalue weighted by atomic mass is 32.1. The number of benzene rings is 1. The van der Waals surface area contributed by atoms with Crippen LogP contribution in [-0.4, -0.2) is 11.6 Å². The molecule has 98 valence electrons. The molecule has 0 saturated heterocycles. The molecule has 5 heteroatoms. The van der Waals surface area contributed by atoms with Crippen LogP contribution in [0.25, 0.3) is 11.1 Å². The Morgan fingerprint density at radius 2 is 1.80 bits per heavy atom. The predicted octanol–water partition coefficient (Wildman–Crippen LogP) is 3.55. The van der Waals surface area contributed by atoms with E-state index in [0.29, 0.717) is 23.6 Å². The van der Waals surface area contributed by atoms with Crippen LogP contribution >= 0.6 is 12.2 Å². The molecule has 1 aromatic carbocycles. The second kappa shape index (κ2) is 6.01.